The van der Waals surface area contributed by atoms with Gasteiger partial charge in [0.15, 0.2) is 0 Å². The Hall–Kier alpha value is -2.45. The number of carbonyl (C=O) groups excluding carboxylic acids is 1. The average molecular weight is 281 g/mol. The Morgan fingerprint density at radius 2 is 2.05 bits per heavy atom. The van der Waals surface area contributed by atoms with Gasteiger partial charge in [-0.15, -0.1) is 0 Å². The van der Waals surface area contributed by atoms with Crippen molar-refractivity contribution < 1.29 is 9.53 Å². The molecule has 0 saturated carbocycles. The molecule has 5 nitrogen and oxygen atoms in total. The second-order valence-corrected chi connectivity index (χ2v) is 5.14. The number of hydrogen-bond acceptors (Lipinski definition) is 4. The van der Waals surface area contributed by atoms with Crippen LogP contribution in [0, 0.1) is 16.7 Å². The first-order valence-corrected chi connectivity index (χ1v) is 6.89. The maximum Gasteiger partial charge on any atom is 0.245 e. The molecule has 0 atom stereocenters. The van der Waals surface area contributed by atoms with Gasteiger partial charge in [0.1, 0.15) is 5.41 Å². The smallest absolute Gasteiger partial charge is 0.245 e. The van der Waals surface area contributed by atoms with Crippen LogP contribution in [0.1, 0.15) is 12.8 Å². The number of hydrogen-bond donors (Lipinski definition) is 1. The van der Waals surface area contributed by atoms with Crippen molar-refractivity contribution in [3.63, 3.8) is 0 Å². The quantitative estimate of drug-likeness (QED) is 0.917. The van der Waals surface area contributed by atoms with Crippen molar-refractivity contribution >= 4 is 22.5 Å². The Labute approximate surface area is 122 Å². The van der Waals surface area contributed by atoms with Crippen LogP contribution in [-0.2, 0) is 9.53 Å². The lowest BCUT2D eigenvalue weighted by atomic mass is 9.81. The van der Waals surface area contributed by atoms with Crippen molar-refractivity contribution in [1.29, 1.82) is 5.26 Å². The van der Waals surface area contributed by atoms with Crippen LogP contribution in [0.15, 0.2) is 36.5 Å². The van der Waals surface area contributed by atoms with Gasteiger partial charge in [-0.05, 0) is 25.0 Å². The molecule has 1 aliphatic rings. The van der Waals surface area contributed by atoms with Gasteiger partial charge in [0.2, 0.25) is 5.91 Å². The fraction of sp³-hybridized carbons (Fsp3) is 0.312. The van der Waals surface area contributed by atoms with E-state index in [4.69, 9.17) is 4.74 Å². The van der Waals surface area contributed by atoms with Crippen LogP contribution in [0.5, 0.6) is 0 Å². The molecule has 21 heavy (non-hydrogen) atoms. The van der Waals surface area contributed by atoms with Gasteiger partial charge in [-0.25, -0.2) is 0 Å². The highest BCUT2D eigenvalue weighted by Gasteiger charge is 2.40. The highest BCUT2D eigenvalue weighted by atomic mass is 16.5. The zero-order chi connectivity index (χ0) is 14.7. The Balaban J connectivity index is 1.91. The van der Waals surface area contributed by atoms with Gasteiger partial charge in [0, 0.05) is 24.8 Å². The molecule has 3 rings (SSSR count). The summed E-state index contributed by atoms with van der Waals surface area (Å²) < 4.78 is 5.25. The Bertz CT molecular complexity index is 710. The molecule has 106 valence electrons. The molecule has 1 aliphatic heterocycles. The Morgan fingerprint density at radius 3 is 2.81 bits per heavy atom. The van der Waals surface area contributed by atoms with E-state index in [1.807, 2.05) is 24.3 Å². The molecule has 0 radical (unpaired) electrons. The zero-order valence-electron chi connectivity index (χ0n) is 11.5. The van der Waals surface area contributed by atoms with E-state index in [1.165, 1.54) is 0 Å². The van der Waals surface area contributed by atoms with E-state index in [2.05, 4.69) is 16.4 Å². The number of nitriles is 1. The molecule has 0 spiro atoms. The molecule has 1 aromatic heterocycles. The summed E-state index contributed by atoms with van der Waals surface area (Å²) in [7, 11) is 0. The van der Waals surface area contributed by atoms with E-state index in [9.17, 15) is 10.1 Å². The predicted octanol–water partition coefficient (Wildman–Crippen LogP) is 2.49. The summed E-state index contributed by atoms with van der Waals surface area (Å²) in [6, 6.07) is 11.6. The van der Waals surface area contributed by atoms with Crippen molar-refractivity contribution in [3.8, 4) is 6.07 Å². The number of nitrogens with zero attached hydrogens (tertiary/aromatic N) is 2. The van der Waals surface area contributed by atoms with Crippen LogP contribution in [0.2, 0.25) is 0 Å². The fourth-order valence-electron chi connectivity index (χ4n) is 2.56. The second-order valence-electron chi connectivity index (χ2n) is 5.14. The molecule has 0 bridgehead atoms. The third-order valence-corrected chi connectivity index (χ3v) is 3.88. The number of benzene rings is 1. The van der Waals surface area contributed by atoms with E-state index in [0.29, 0.717) is 31.7 Å². The summed E-state index contributed by atoms with van der Waals surface area (Å²) in [6.45, 7) is 0.879. The zero-order valence-corrected chi connectivity index (χ0v) is 11.5. The molecular weight excluding hydrogens is 266 g/mol. The number of para-hydroxylation sites is 1. The van der Waals surface area contributed by atoms with Crippen LogP contribution in [0.4, 0.5) is 5.69 Å². The fourth-order valence-corrected chi connectivity index (χ4v) is 2.56. The first-order valence-electron chi connectivity index (χ1n) is 6.89. The van der Waals surface area contributed by atoms with Crippen molar-refractivity contribution in [2.24, 2.45) is 5.41 Å². The number of fused-ring (bicyclic) bond motifs is 1. The van der Waals surface area contributed by atoms with Crippen molar-refractivity contribution in [2.45, 2.75) is 12.8 Å². The van der Waals surface area contributed by atoms with Gasteiger partial charge in [-0.2, -0.15) is 5.26 Å². The SMILES string of the molecule is N#CC1(C(=O)Nc2cccc3cccnc23)CCOCC1. The van der Waals surface area contributed by atoms with E-state index < -0.39 is 5.41 Å². The molecule has 2 aromatic rings. The minimum Gasteiger partial charge on any atom is -0.381 e. The van der Waals surface area contributed by atoms with Gasteiger partial charge in [-0.3, -0.25) is 9.78 Å². The first kappa shape index (κ1) is 13.5. The number of rotatable bonds is 2. The van der Waals surface area contributed by atoms with Crippen molar-refractivity contribution in [1.82, 2.24) is 4.98 Å². The van der Waals surface area contributed by atoms with E-state index >= 15 is 0 Å². The number of amides is 1. The van der Waals surface area contributed by atoms with Crippen molar-refractivity contribution in [2.75, 3.05) is 18.5 Å². The molecule has 1 amide bonds. The highest BCUT2D eigenvalue weighted by Crippen LogP contribution is 2.32. The molecule has 1 aromatic carbocycles. The van der Waals surface area contributed by atoms with Crippen LogP contribution in [-0.4, -0.2) is 24.1 Å². The maximum absolute atomic E-state index is 12.5. The topological polar surface area (TPSA) is 75.0 Å². The monoisotopic (exact) mass is 281 g/mol. The Kier molecular flexibility index (Phi) is 3.55. The molecular formula is C16H15N3O2. The number of pyridine rings is 1. The predicted molar refractivity (Wildman–Crippen MR) is 78.5 cm³/mol. The minimum absolute atomic E-state index is 0.272. The largest absolute Gasteiger partial charge is 0.381 e. The highest BCUT2D eigenvalue weighted by molar-refractivity contribution is 6.03. The van der Waals surface area contributed by atoms with E-state index in [0.717, 1.165) is 10.9 Å². The lowest BCUT2D eigenvalue weighted by Gasteiger charge is -2.29. The van der Waals surface area contributed by atoms with Crippen LogP contribution in [0.3, 0.4) is 0 Å². The number of nitrogens with one attached hydrogen (secondary N) is 1. The van der Waals surface area contributed by atoms with Gasteiger partial charge in [-0.1, -0.05) is 18.2 Å². The lowest BCUT2D eigenvalue weighted by Crippen LogP contribution is -2.40. The molecule has 2 heterocycles. The maximum atomic E-state index is 12.5. The Morgan fingerprint density at radius 1 is 1.29 bits per heavy atom. The first-order chi connectivity index (χ1) is 10.2. The lowest BCUT2D eigenvalue weighted by molar-refractivity contribution is -0.126. The van der Waals surface area contributed by atoms with Crippen LogP contribution >= 0.6 is 0 Å². The summed E-state index contributed by atoms with van der Waals surface area (Å²) in [5.41, 5.74) is 0.363. The summed E-state index contributed by atoms with van der Waals surface area (Å²) >= 11 is 0. The minimum atomic E-state index is -1.00. The number of anilines is 1. The number of ether oxygens (including phenoxy) is 1. The second kappa shape index (κ2) is 5.51. The number of aromatic nitrogens is 1. The molecule has 1 N–H and O–H groups in total. The summed E-state index contributed by atoms with van der Waals surface area (Å²) in [5.74, 6) is -0.272. The summed E-state index contributed by atoms with van der Waals surface area (Å²) in [4.78, 5) is 16.9. The van der Waals surface area contributed by atoms with Gasteiger partial charge in [0.05, 0.1) is 17.3 Å². The van der Waals surface area contributed by atoms with Gasteiger partial charge in [0.25, 0.3) is 0 Å². The molecule has 1 saturated heterocycles. The normalized spacial score (nSPS) is 17.1. The average Bonchev–Trinajstić information content (AvgIpc) is 2.56. The number of carbonyl (C=O) groups is 1. The van der Waals surface area contributed by atoms with Gasteiger partial charge >= 0.3 is 0 Å². The van der Waals surface area contributed by atoms with Gasteiger partial charge < -0.3 is 10.1 Å². The van der Waals surface area contributed by atoms with E-state index in [1.54, 1.807) is 12.3 Å². The molecule has 0 unspecified atom stereocenters. The van der Waals surface area contributed by atoms with Crippen LogP contribution in [0.25, 0.3) is 10.9 Å². The molecule has 5 heteroatoms. The van der Waals surface area contributed by atoms with Crippen molar-refractivity contribution in [3.05, 3.63) is 36.5 Å². The van der Waals surface area contributed by atoms with E-state index in [-0.39, 0.29) is 5.91 Å². The summed E-state index contributed by atoms with van der Waals surface area (Å²) in [6.07, 6.45) is 2.54. The summed E-state index contributed by atoms with van der Waals surface area (Å²) in [5, 5.41) is 13.2. The molecule has 1 fully saturated rings. The third kappa shape index (κ3) is 2.46. The third-order valence-electron chi connectivity index (χ3n) is 3.88. The standard InChI is InChI=1S/C16H15N3O2/c17-11-16(6-9-21-10-7-16)15(20)19-13-5-1-3-12-4-2-8-18-14(12)13/h1-5,8H,6-7,9-10H2,(H,19,20). The molecule has 0 aliphatic carbocycles. The van der Waals surface area contributed by atoms with Crippen LogP contribution < -0.4 is 5.32 Å².